The molecule has 0 saturated carbocycles. The minimum atomic E-state index is -1.70. The molecular weight excluding hydrogens is 1800 g/mol. The fraction of sp³-hybridized carbons (Fsp3) is 0.943. The Morgan fingerprint density at radius 3 is 0.818 bits per heavy atom. The lowest BCUT2D eigenvalue weighted by Gasteiger charge is -2.47. The lowest BCUT2D eigenvalue weighted by molar-refractivity contribution is -0.361. The number of ether oxygens (including phenoxy) is 26. The Hall–Kier alpha value is -6.24. The van der Waals surface area contributed by atoms with E-state index in [1.54, 1.807) is 0 Å². The van der Waals surface area contributed by atoms with Gasteiger partial charge in [-0.15, -0.1) is 0 Å². The number of Topliss-reactive ketones (excluding diaryl/α,β-unsaturated/α-hetero) is 2. The third-order valence-electron chi connectivity index (χ3n) is 17.6. The van der Waals surface area contributed by atoms with E-state index in [1.165, 1.54) is 28.4 Å². The fourth-order valence-electron chi connectivity index (χ4n) is 11.5. The van der Waals surface area contributed by atoms with Crippen molar-refractivity contribution in [3.8, 4) is 0 Å². The monoisotopic (exact) mass is 1950 g/mol. The molecule has 4 heterocycles. The largest absolute Gasteiger partial charge is 0.412 e. The Kier molecular flexibility index (Phi) is 98.9. The van der Waals surface area contributed by atoms with E-state index in [4.69, 9.17) is 145 Å². The smallest absolute Gasteiger partial charge is 0.246 e. The number of ketones is 2. The zero-order valence-corrected chi connectivity index (χ0v) is 74.4. The molecule has 0 bridgehead atoms. The van der Waals surface area contributed by atoms with E-state index in [0.29, 0.717) is 145 Å². The molecule has 132 heavy (non-hydrogen) atoms. The predicted molar refractivity (Wildman–Crippen MR) is 448 cm³/mol. The first-order valence-corrected chi connectivity index (χ1v) is 39.7. The van der Waals surface area contributed by atoms with Crippen LogP contribution in [0.1, 0.15) is 25.7 Å². The second kappa shape index (κ2) is 92.5. The molecule has 4 aliphatic rings. The maximum Gasteiger partial charge on any atom is 0.246 e. The highest BCUT2D eigenvalue weighted by molar-refractivity contribution is 5.80. The van der Waals surface area contributed by atoms with E-state index in [1.807, 2.05) is 0 Å². The van der Waals surface area contributed by atoms with Crippen LogP contribution in [0.5, 0.6) is 0 Å². The summed E-state index contributed by atoms with van der Waals surface area (Å²) in [6.07, 6.45) is -26.4. The molecule has 4 aliphatic heterocycles. The number of carbonyl (C=O) groups excluding carboxylic acids is 4. The number of aliphatic hydroxyl groups excluding tert-OH is 8. The first-order valence-electron chi connectivity index (χ1n) is 39.7. The Morgan fingerprint density at radius 2 is 0.561 bits per heavy atom. The Balaban J connectivity index is -0.000000361. The van der Waals surface area contributed by atoms with Crippen LogP contribution in [0.2, 0.25) is 0 Å². The Morgan fingerprint density at radius 1 is 0.303 bits per heavy atom. The van der Waals surface area contributed by atoms with Gasteiger partial charge < -0.3 is 229 Å². The number of nitrogens with zero attached hydrogens (tertiary/aromatic N) is 12. The van der Waals surface area contributed by atoms with Crippen LogP contribution in [0.4, 0.5) is 0 Å². The van der Waals surface area contributed by atoms with Gasteiger partial charge in [0.25, 0.3) is 0 Å². The summed E-state index contributed by atoms with van der Waals surface area (Å²) in [7, 11) is 5.15. The molecule has 62 heteroatoms. The highest BCUT2D eigenvalue weighted by Gasteiger charge is 2.54. The molecule has 0 radical (unpaired) electrons. The van der Waals surface area contributed by atoms with Crippen LogP contribution in [0.15, 0.2) is 20.5 Å². The van der Waals surface area contributed by atoms with Gasteiger partial charge in [0.05, 0.1) is 172 Å². The molecule has 0 aromatic heterocycles. The molecule has 4 rings (SSSR count). The summed E-state index contributed by atoms with van der Waals surface area (Å²) in [4.78, 5) is 60.5. The lowest BCUT2D eigenvalue weighted by Crippen LogP contribution is -2.65. The quantitative estimate of drug-likeness (QED) is 0.0117. The summed E-state index contributed by atoms with van der Waals surface area (Å²) in [5.41, 5.74) is 32.8. The van der Waals surface area contributed by atoms with Crippen LogP contribution in [-0.2, 0) is 142 Å². The summed E-state index contributed by atoms with van der Waals surface area (Å²) in [5.74, 6) is -1.52. The van der Waals surface area contributed by atoms with Crippen LogP contribution in [0.3, 0.4) is 0 Å². The minimum absolute atomic E-state index is 0. The number of rotatable bonds is 74. The van der Waals surface area contributed by atoms with Crippen molar-refractivity contribution in [3.63, 3.8) is 0 Å². The molecule has 20 atom stereocenters. The van der Waals surface area contributed by atoms with E-state index in [2.05, 4.69) is 50.7 Å². The average Bonchev–Trinajstić information content (AvgIpc) is 0.785. The number of nitrogens with one attached hydrogen (secondary N) is 2. The average molecular weight is 1950 g/mol. The molecular formula is C70H146N14O48. The van der Waals surface area contributed by atoms with E-state index < -0.39 is 161 Å². The van der Waals surface area contributed by atoms with Crippen LogP contribution in [0.25, 0.3) is 41.8 Å². The van der Waals surface area contributed by atoms with Crippen molar-refractivity contribution in [2.24, 2.45) is 20.5 Å². The van der Waals surface area contributed by atoms with Gasteiger partial charge in [-0.05, 0) is 35.0 Å². The van der Waals surface area contributed by atoms with E-state index in [0.717, 1.165) is 0 Å². The number of amides is 2. The Bertz CT molecular complexity index is 2740. The standard InChI is InChI=1S/2C35H63N7O19.10H2O/c2*1-49-31-26(22-57-23-27(45)38-5-9-52-13-17-56-19-15-54-11-7-40-42-37)60-34(29(47)28(31)46)61-32-25(20-43)59-35(50-2)33(30(32)48)58-21-24(44)4-3-8-51-12-16-55-18-14-53-10-6-39-41-36;;;;;;;;;;/h2*25-26,28-35,43,46-48H,3-23H2,1-2H3,(H,38,45);10*1H2. The second-order valence-corrected chi connectivity index (χ2v) is 26.3. The van der Waals surface area contributed by atoms with Gasteiger partial charge in [0, 0.05) is 113 Å². The number of hydrogen-bond acceptors (Lipinski definition) is 42. The molecule has 4 fully saturated rings. The lowest BCUT2D eigenvalue weighted by atomic mass is 9.96. The van der Waals surface area contributed by atoms with Gasteiger partial charge in [-0.25, -0.2) is 0 Å². The molecule has 4 saturated heterocycles. The van der Waals surface area contributed by atoms with Crippen molar-refractivity contribution in [1.82, 2.24) is 10.6 Å². The van der Waals surface area contributed by atoms with Crippen molar-refractivity contribution < 1.29 is 238 Å². The molecule has 784 valence electrons. The van der Waals surface area contributed by atoms with Crippen molar-refractivity contribution in [3.05, 3.63) is 41.8 Å². The van der Waals surface area contributed by atoms with Gasteiger partial charge in [0.1, 0.15) is 124 Å². The number of carbonyl (C=O) groups is 4. The number of azide groups is 4. The third kappa shape index (κ3) is 60.4. The second-order valence-electron chi connectivity index (χ2n) is 26.3. The van der Waals surface area contributed by atoms with E-state index in [9.17, 15) is 60.0 Å². The van der Waals surface area contributed by atoms with Crippen molar-refractivity contribution >= 4 is 23.4 Å². The van der Waals surface area contributed by atoms with Crippen LogP contribution >= 0.6 is 0 Å². The maximum atomic E-state index is 12.6. The highest BCUT2D eigenvalue weighted by atomic mass is 16.8. The highest BCUT2D eigenvalue weighted by Crippen LogP contribution is 2.34. The summed E-state index contributed by atoms with van der Waals surface area (Å²) in [6, 6.07) is 0. The SMILES string of the molecule is COC1OC(CO)C(OC2OC(COCC(=O)NCCOCCOCCOCCN=[N+]=[N-])C(OC)C(O)C2O)C(O)C1OCC(=O)CCCOCCOCCOCCN=[N+]=[N-].COC1OC(CO)C(OC2OC(COCC(=O)NCCOCCOCCOCCN=[N+]=[N-])C(OC)C(O)C2O)C(O)C1OCC(=O)CCCOCCOCCOCCN=[N+]=[N-].O.O.O.O.O.O.O.O.O.O. The molecule has 30 N–H and O–H groups in total. The van der Waals surface area contributed by atoms with Crippen LogP contribution in [0, 0.1) is 0 Å². The van der Waals surface area contributed by atoms with Gasteiger partial charge in [-0.1, -0.05) is 20.5 Å². The topological polar surface area (TPSA) is 1000 Å². The van der Waals surface area contributed by atoms with Crippen molar-refractivity contribution in [2.75, 3.05) is 279 Å². The summed E-state index contributed by atoms with van der Waals surface area (Å²) in [6.45, 7) is 5.42. The molecule has 62 nitrogen and oxygen atoms in total. The van der Waals surface area contributed by atoms with E-state index in [-0.39, 0.29) is 171 Å². The number of methoxy groups -OCH3 is 4. The molecule has 20 unspecified atom stereocenters. The third-order valence-corrected chi connectivity index (χ3v) is 17.6. The first-order chi connectivity index (χ1) is 59.4. The molecule has 2 amide bonds. The zero-order chi connectivity index (χ0) is 89.0. The summed E-state index contributed by atoms with van der Waals surface area (Å²) >= 11 is 0. The van der Waals surface area contributed by atoms with E-state index >= 15 is 0 Å². The molecule has 0 aliphatic carbocycles. The molecule has 0 aromatic rings. The summed E-state index contributed by atoms with van der Waals surface area (Å²) in [5, 5.41) is 105. The zero-order valence-electron chi connectivity index (χ0n) is 74.4. The first kappa shape index (κ1) is 141. The van der Waals surface area contributed by atoms with Gasteiger partial charge in [0.2, 0.25) is 11.8 Å². The van der Waals surface area contributed by atoms with Gasteiger partial charge in [0.15, 0.2) is 36.7 Å². The summed E-state index contributed by atoms with van der Waals surface area (Å²) < 4.78 is 143. The van der Waals surface area contributed by atoms with Gasteiger partial charge >= 0.3 is 0 Å². The predicted octanol–water partition coefficient (Wildman–Crippen LogP) is -12.0. The maximum absolute atomic E-state index is 12.6. The Labute approximate surface area is 759 Å². The number of hydrogen-bond donors (Lipinski definition) is 10. The fourth-order valence-corrected chi connectivity index (χ4v) is 11.5. The minimum Gasteiger partial charge on any atom is -0.412 e. The van der Waals surface area contributed by atoms with Gasteiger partial charge in [-0.3, -0.25) is 19.2 Å². The van der Waals surface area contributed by atoms with Crippen LogP contribution < -0.4 is 10.6 Å². The van der Waals surface area contributed by atoms with Crippen molar-refractivity contribution in [2.45, 2.75) is 149 Å². The number of aliphatic hydroxyl groups is 8. The van der Waals surface area contributed by atoms with Gasteiger partial charge in [-0.2, -0.15) is 0 Å². The van der Waals surface area contributed by atoms with Crippen molar-refractivity contribution in [1.29, 1.82) is 0 Å². The normalized spacial score (nSPS) is 24.3. The van der Waals surface area contributed by atoms with Crippen LogP contribution in [-0.4, -0.2) is 521 Å². The molecule has 0 spiro atoms. The molecule has 0 aromatic carbocycles.